The van der Waals surface area contributed by atoms with Gasteiger partial charge in [-0.2, -0.15) is 0 Å². The van der Waals surface area contributed by atoms with Crippen molar-refractivity contribution in [3.63, 3.8) is 0 Å². The molecule has 0 bridgehead atoms. The molecule has 0 saturated carbocycles. The molecule has 1 aliphatic heterocycles. The summed E-state index contributed by atoms with van der Waals surface area (Å²) in [5, 5.41) is 13.8. The molecule has 2 heterocycles. The molecule has 29 heavy (non-hydrogen) atoms. The number of hydrogen-bond acceptors (Lipinski definition) is 4. The van der Waals surface area contributed by atoms with Gasteiger partial charge in [-0.3, -0.25) is 0 Å². The Balaban J connectivity index is 1.51. The number of likely N-dealkylation sites (tertiary alicyclic amines) is 1. The van der Waals surface area contributed by atoms with Crippen molar-refractivity contribution < 1.29 is 9.90 Å². The van der Waals surface area contributed by atoms with E-state index >= 15 is 0 Å². The minimum atomic E-state index is -0.918. The zero-order valence-electron chi connectivity index (χ0n) is 16.6. The molecule has 1 aromatic heterocycles. The summed E-state index contributed by atoms with van der Waals surface area (Å²) in [6, 6.07) is 17.1. The summed E-state index contributed by atoms with van der Waals surface area (Å²) in [6.07, 6.45) is 5.13. The number of rotatable bonds is 7. The fourth-order valence-electron chi connectivity index (χ4n) is 3.96. The van der Waals surface area contributed by atoms with Gasteiger partial charge >= 0.3 is 5.97 Å². The standard InChI is InChI=1S/C24H27N3O2/c28-24(29)19-11-9-18(10-12-19)22-17-23(20-7-2-3-8-21(20)26-22)25-13-6-16-27-14-4-1-5-15-27/h2-3,7-12,17H,1,4-6,13-16H2,(H,25,26)(H,28,29). The highest BCUT2D eigenvalue weighted by atomic mass is 16.4. The third-order valence-electron chi connectivity index (χ3n) is 5.56. The number of piperidine rings is 1. The van der Waals surface area contributed by atoms with E-state index in [0.717, 1.165) is 47.4 Å². The number of carbonyl (C=O) groups is 1. The number of carboxylic acids is 1. The van der Waals surface area contributed by atoms with Crippen LogP contribution in [0.4, 0.5) is 5.69 Å². The number of aromatic carboxylic acids is 1. The lowest BCUT2D eigenvalue weighted by atomic mass is 10.1. The summed E-state index contributed by atoms with van der Waals surface area (Å²) >= 11 is 0. The van der Waals surface area contributed by atoms with E-state index in [1.807, 2.05) is 30.3 Å². The summed E-state index contributed by atoms with van der Waals surface area (Å²) in [5.74, 6) is -0.918. The highest BCUT2D eigenvalue weighted by Crippen LogP contribution is 2.28. The Kier molecular flexibility index (Phi) is 6.06. The van der Waals surface area contributed by atoms with Crippen LogP contribution in [0, 0.1) is 0 Å². The van der Waals surface area contributed by atoms with Gasteiger partial charge in [0, 0.05) is 23.2 Å². The molecule has 0 atom stereocenters. The first kappa shape index (κ1) is 19.4. The Hall–Kier alpha value is -2.92. The van der Waals surface area contributed by atoms with E-state index in [1.54, 1.807) is 12.1 Å². The fourth-order valence-corrected chi connectivity index (χ4v) is 3.96. The van der Waals surface area contributed by atoms with Crippen LogP contribution >= 0.6 is 0 Å². The van der Waals surface area contributed by atoms with Crippen LogP contribution in [0.3, 0.4) is 0 Å². The topological polar surface area (TPSA) is 65.5 Å². The van der Waals surface area contributed by atoms with Crippen LogP contribution in [-0.2, 0) is 0 Å². The van der Waals surface area contributed by atoms with Crippen molar-refractivity contribution in [2.24, 2.45) is 0 Å². The molecule has 5 heteroatoms. The predicted octanol–water partition coefficient (Wildman–Crippen LogP) is 4.89. The Morgan fingerprint density at radius 2 is 1.79 bits per heavy atom. The van der Waals surface area contributed by atoms with Crippen LogP contribution in [0.2, 0.25) is 0 Å². The minimum Gasteiger partial charge on any atom is -0.478 e. The summed E-state index contributed by atoms with van der Waals surface area (Å²) in [4.78, 5) is 18.5. The third kappa shape index (κ3) is 4.74. The average Bonchev–Trinajstić information content (AvgIpc) is 2.77. The second kappa shape index (κ2) is 9.05. The summed E-state index contributed by atoms with van der Waals surface area (Å²) < 4.78 is 0. The Morgan fingerprint density at radius 3 is 2.55 bits per heavy atom. The Bertz CT molecular complexity index is 979. The van der Waals surface area contributed by atoms with Crippen LogP contribution in [0.25, 0.3) is 22.2 Å². The van der Waals surface area contributed by atoms with E-state index in [2.05, 4.69) is 22.3 Å². The van der Waals surface area contributed by atoms with Gasteiger partial charge in [0.05, 0.1) is 16.8 Å². The average molecular weight is 389 g/mol. The number of aromatic nitrogens is 1. The molecule has 3 aromatic rings. The number of hydrogen-bond donors (Lipinski definition) is 2. The Labute approximate surface area is 171 Å². The molecule has 1 saturated heterocycles. The molecule has 0 spiro atoms. The minimum absolute atomic E-state index is 0.283. The largest absolute Gasteiger partial charge is 0.478 e. The molecule has 1 fully saturated rings. The normalized spacial score (nSPS) is 14.8. The number of carboxylic acid groups (broad SMARTS) is 1. The van der Waals surface area contributed by atoms with Crippen molar-refractivity contribution in [1.29, 1.82) is 0 Å². The highest BCUT2D eigenvalue weighted by Gasteiger charge is 2.11. The fraction of sp³-hybridized carbons (Fsp3) is 0.333. The third-order valence-corrected chi connectivity index (χ3v) is 5.56. The van der Waals surface area contributed by atoms with E-state index in [0.29, 0.717) is 0 Å². The van der Waals surface area contributed by atoms with Crippen molar-refractivity contribution in [2.75, 3.05) is 31.5 Å². The van der Waals surface area contributed by atoms with Crippen molar-refractivity contribution in [3.8, 4) is 11.3 Å². The molecule has 0 aliphatic carbocycles. The smallest absolute Gasteiger partial charge is 0.335 e. The number of benzene rings is 2. The maximum absolute atomic E-state index is 11.1. The lowest BCUT2D eigenvalue weighted by molar-refractivity contribution is 0.0697. The molecule has 150 valence electrons. The monoisotopic (exact) mass is 389 g/mol. The van der Waals surface area contributed by atoms with Crippen molar-refractivity contribution in [2.45, 2.75) is 25.7 Å². The number of anilines is 1. The zero-order chi connectivity index (χ0) is 20.1. The molecule has 0 unspecified atom stereocenters. The van der Waals surface area contributed by atoms with Crippen molar-refractivity contribution >= 4 is 22.6 Å². The number of nitrogens with zero attached hydrogens (tertiary/aromatic N) is 2. The van der Waals surface area contributed by atoms with Gasteiger partial charge in [0.15, 0.2) is 0 Å². The zero-order valence-corrected chi connectivity index (χ0v) is 16.6. The number of pyridine rings is 1. The van der Waals surface area contributed by atoms with E-state index < -0.39 is 5.97 Å². The second-order valence-corrected chi connectivity index (χ2v) is 7.64. The first-order valence-corrected chi connectivity index (χ1v) is 10.4. The molecule has 4 rings (SSSR count). The molecular weight excluding hydrogens is 362 g/mol. The van der Waals surface area contributed by atoms with Gasteiger partial charge in [0.2, 0.25) is 0 Å². The predicted molar refractivity (Wildman–Crippen MR) is 118 cm³/mol. The Morgan fingerprint density at radius 1 is 1.03 bits per heavy atom. The molecule has 5 nitrogen and oxygen atoms in total. The van der Waals surface area contributed by atoms with E-state index in [1.165, 1.54) is 32.4 Å². The number of nitrogens with one attached hydrogen (secondary N) is 1. The van der Waals surface area contributed by atoms with Crippen LogP contribution < -0.4 is 5.32 Å². The maximum atomic E-state index is 11.1. The van der Waals surface area contributed by atoms with Gasteiger partial charge in [-0.1, -0.05) is 36.8 Å². The molecule has 2 N–H and O–H groups in total. The van der Waals surface area contributed by atoms with Crippen molar-refractivity contribution in [1.82, 2.24) is 9.88 Å². The summed E-state index contributed by atoms with van der Waals surface area (Å²) in [5.41, 5.74) is 4.05. The first-order chi connectivity index (χ1) is 14.2. The molecular formula is C24H27N3O2. The van der Waals surface area contributed by atoms with E-state index in [4.69, 9.17) is 10.1 Å². The summed E-state index contributed by atoms with van der Waals surface area (Å²) in [6.45, 7) is 4.52. The molecule has 2 aromatic carbocycles. The van der Waals surface area contributed by atoms with Gasteiger partial charge < -0.3 is 15.3 Å². The number of fused-ring (bicyclic) bond motifs is 1. The lowest BCUT2D eigenvalue weighted by Crippen LogP contribution is -2.31. The van der Waals surface area contributed by atoms with Crippen LogP contribution in [0.1, 0.15) is 36.0 Å². The van der Waals surface area contributed by atoms with Gasteiger partial charge in [-0.25, -0.2) is 9.78 Å². The lowest BCUT2D eigenvalue weighted by Gasteiger charge is -2.26. The van der Waals surface area contributed by atoms with Gasteiger partial charge in [0.1, 0.15) is 0 Å². The van der Waals surface area contributed by atoms with Crippen LogP contribution in [0.5, 0.6) is 0 Å². The van der Waals surface area contributed by atoms with Crippen LogP contribution in [-0.4, -0.2) is 47.1 Å². The van der Waals surface area contributed by atoms with E-state index in [-0.39, 0.29) is 5.56 Å². The molecule has 0 amide bonds. The SMILES string of the molecule is O=C(O)c1ccc(-c2cc(NCCCN3CCCCC3)c3ccccc3n2)cc1. The van der Waals surface area contributed by atoms with Gasteiger partial charge in [-0.15, -0.1) is 0 Å². The quantitative estimate of drug-likeness (QED) is 0.563. The van der Waals surface area contributed by atoms with Crippen LogP contribution in [0.15, 0.2) is 54.6 Å². The highest BCUT2D eigenvalue weighted by molar-refractivity contribution is 5.94. The number of para-hydroxylation sites is 1. The maximum Gasteiger partial charge on any atom is 0.335 e. The molecule has 0 radical (unpaired) electrons. The van der Waals surface area contributed by atoms with Gasteiger partial charge in [0.25, 0.3) is 0 Å². The first-order valence-electron chi connectivity index (χ1n) is 10.4. The molecule has 1 aliphatic rings. The summed E-state index contributed by atoms with van der Waals surface area (Å²) in [7, 11) is 0. The van der Waals surface area contributed by atoms with Crippen molar-refractivity contribution in [3.05, 3.63) is 60.2 Å². The van der Waals surface area contributed by atoms with Gasteiger partial charge in [-0.05, 0) is 63.2 Å². The second-order valence-electron chi connectivity index (χ2n) is 7.64. The van der Waals surface area contributed by atoms with E-state index in [9.17, 15) is 4.79 Å².